The molecule has 1 aliphatic heterocycles. The molecule has 4 aromatic carbocycles. The summed E-state index contributed by atoms with van der Waals surface area (Å²) < 4.78 is 66.5. The van der Waals surface area contributed by atoms with E-state index < -0.39 is 42.2 Å². The molecular weight excluding hydrogens is 627 g/mol. The Morgan fingerprint density at radius 2 is 1.78 bits per heavy atom. The van der Waals surface area contributed by atoms with Crippen LogP contribution >= 0.6 is 11.6 Å². The minimum atomic E-state index is -1.25. The summed E-state index contributed by atoms with van der Waals surface area (Å²) in [6.45, 7) is -0.295. The van der Waals surface area contributed by atoms with Crippen molar-refractivity contribution in [3.8, 4) is 34.1 Å². The van der Waals surface area contributed by atoms with E-state index in [9.17, 15) is 23.8 Å². The van der Waals surface area contributed by atoms with E-state index in [0.717, 1.165) is 29.3 Å². The Labute approximate surface area is 267 Å². The molecular formula is C34H29ClF3NO7. The molecule has 1 aliphatic carbocycles. The molecule has 46 heavy (non-hydrogen) atoms. The van der Waals surface area contributed by atoms with E-state index in [1.165, 1.54) is 6.07 Å². The monoisotopic (exact) mass is 655 g/mol. The number of fused-ring (bicyclic) bond motifs is 2. The predicted octanol–water partition coefficient (Wildman–Crippen LogP) is 6.38. The van der Waals surface area contributed by atoms with Gasteiger partial charge in [-0.15, -0.1) is 0 Å². The number of nitrogens with one attached hydrogen (secondary N) is 1. The first-order valence-electron chi connectivity index (χ1n) is 14.6. The smallest absolute Gasteiger partial charge is 0.323 e. The fourth-order valence-electron chi connectivity index (χ4n) is 5.69. The van der Waals surface area contributed by atoms with Crippen LogP contribution in [-0.4, -0.2) is 42.0 Å². The van der Waals surface area contributed by atoms with Crippen LogP contribution in [0.1, 0.15) is 34.8 Å². The number of hydrogen-bond donors (Lipinski definition) is 3. The van der Waals surface area contributed by atoms with Crippen molar-refractivity contribution in [3.63, 3.8) is 0 Å². The van der Waals surface area contributed by atoms with Crippen molar-refractivity contribution < 1.29 is 47.1 Å². The molecule has 0 spiro atoms. The summed E-state index contributed by atoms with van der Waals surface area (Å²) in [5, 5.41) is 21.7. The van der Waals surface area contributed by atoms with E-state index in [1.54, 1.807) is 18.2 Å². The lowest BCUT2D eigenvalue weighted by atomic mass is 9.96. The maximum Gasteiger partial charge on any atom is 0.323 e. The van der Waals surface area contributed by atoms with Gasteiger partial charge in [-0.1, -0.05) is 29.8 Å². The van der Waals surface area contributed by atoms with Crippen LogP contribution in [0.4, 0.5) is 13.2 Å². The Balaban J connectivity index is 1.28. The average molecular weight is 656 g/mol. The van der Waals surface area contributed by atoms with Gasteiger partial charge in [-0.2, -0.15) is 0 Å². The molecule has 3 N–H and O–H groups in total. The van der Waals surface area contributed by atoms with Crippen molar-refractivity contribution in [1.29, 1.82) is 0 Å². The van der Waals surface area contributed by atoms with E-state index in [2.05, 4.69) is 5.32 Å². The highest BCUT2D eigenvalue weighted by Crippen LogP contribution is 2.45. The number of aliphatic hydroxyl groups is 1. The highest BCUT2D eigenvalue weighted by Gasteiger charge is 2.30. The first-order valence-corrected chi connectivity index (χ1v) is 14.9. The molecule has 0 amide bonds. The van der Waals surface area contributed by atoms with E-state index in [1.807, 2.05) is 18.2 Å². The molecule has 0 saturated carbocycles. The summed E-state index contributed by atoms with van der Waals surface area (Å²) in [4.78, 5) is 11.4. The number of hydrogen-bond acceptors (Lipinski definition) is 7. The van der Waals surface area contributed by atoms with Crippen molar-refractivity contribution in [2.75, 3.05) is 19.8 Å². The Hall–Kier alpha value is -4.45. The van der Waals surface area contributed by atoms with Gasteiger partial charge < -0.3 is 29.2 Å². The van der Waals surface area contributed by atoms with Crippen molar-refractivity contribution in [2.24, 2.45) is 0 Å². The van der Waals surface area contributed by atoms with E-state index in [-0.39, 0.29) is 47.6 Å². The summed E-state index contributed by atoms with van der Waals surface area (Å²) in [5.41, 5.74) is 3.55. The summed E-state index contributed by atoms with van der Waals surface area (Å²) >= 11 is 6.64. The molecule has 12 heteroatoms. The zero-order chi connectivity index (χ0) is 32.4. The lowest BCUT2D eigenvalue weighted by molar-refractivity contribution is -0.140. The fourth-order valence-corrected chi connectivity index (χ4v) is 5.92. The van der Waals surface area contributed by atoms with Gasteiger partial charge in [-0.25, -0.2) is 13.2 Å². The van der Waals surface area contributed by atoms with E-state index in [4.69, 9.17) is 30.5 Å². The second-order valence-electron chi connectivity index (χ2n) is 10.9. The molecule has 0 radical (unpaired) electrons. The van der Waals surface area contributed by atoms with Gasteiger partial charge >= 0.3 is 5.97 Å². The number of carboxylic acids is 1. The van der Waals surface area contributed by atoms with Gasteiger partial charge in [0.1, 0.15) is 55.1 Å². The second kappa shape index (κ2) is 13.5. The molecule has 8 nitrogen and oxygen atoms in total. The SMILES string of the molecule is O=C(O)[C@H](CO)NCc1cc(Cl)c(O[C@H]2CCc3c(-c4ccc5c(c4F)OCCO5)cccc32)cc1OCc1cc(F)cc(F)c1. The zero-order valence-corrected chi connectivity index (χ0v) is 25.1. The number of carboxylic acid groups (broad SMARTS) is 1. The van der Waals surface area contributed by atoms with Gasteiger partial charge in [0.15, 0.2) is 17.3 Å². The van der Waals surface area contributed by atoms with Crippen LogP contribution in [0, 0.1) is 17.5 Å². The Bertz CT molecular complexity index is 1770. The van der Waals surface area contributed by atoms with E-state index in [0.29, 0.717) is 41.9 Å². The number of benzene rings is 4. The number of carbonyl (C=O) groups is 1. The summed E-state index contributed by atoms with van der Waals surface area (Å²) in [6.07, 6.45) is 0.747. The first kappa shape index (κ1) is 31.5. The van der Waals surface area contributed by atoms with Crippen molar-refractivity contribution in [2.45, 2.75) is 38.1 Å². The third kappa shape index (κ3) is 6.57. The van der Waals surface area contributed by atoms with Crippen LogP contribution in [0.2, 0.25) is 5.02 Å². The number of ether oxygens (including phenoxy) is 4. The Kier molecular flexibility index (Phi) is 9.25. The Morgan fingerprint density at radius 3 is 2.54 bits per heavy atom. The Morgan fingerprint density at radius 1 is 1.00 bits per heavy atom. The van der Waals surface area contributed by atoms with Gasteiger partial charge in [0.25, 0.3) is 0 Å². The molecule has 1 heterocycles. The first-order chi connectivity index (χ1) is 22.2. The standard InChI is InChI=1S/C34H29ClF3NO7/c35-26-12-19(15-39-27(16-40)34(41)42)30(45-17-18-10-20(36)13-21(37)11-18)14-31(26)46-28-6-4-23-22(2-1-3-24(23)28)25-5-7-29-33(32(25)38)44-9-8-43-29/h1-3,5,7,10-14,27-28,39-40H,4,6,8-9,15-17H2,(H,41,42)/t27-,28-/m0/s1. The molecule has 0 fully saturated rings. The van der Waals surface area contributed by atoms with Crippen LogP contribution in [0.25, 0.3) is 11.1 Å². The molecule has 0 aromatic heterocycles. The number of aliphatic carboxylic acids is 1. The normalized spacial score (nSPS) is 15.7. The lowest BCUT2D eigenvalue weighted by Crippen LogP contribution is -2.39. The van der Waals surface area contributed by atoms with Crippen LogP contribution in [0.15, 0.2) is 60.7 Å². The van der Waals surface area contributed by atoms with Gasteiger partial charge in [0.05, 0.1) is 11.6 Å². The topological polar surface area (TPSA) is 106 Å². The minimum absolute atomic E-state index is 0.0545. The summed E-state index contributed by atoms with van der Waals surface area (Å²) in [6, 6.07) is 13.8. The molecule has 240 valence electrons. The number of rotatable bonds is 11. The van der Waals surface area contributed by atoms with Crippen LogP contribution in [-0.2, 0) is 24.4 Å². The fraction of sp³-hybridized carbons (Fsp3) is 0.265. The molecule has 2 atom stereocenters. The van der Waals surface area contributed by atoms with Crippen molar-refractivity contribution in [1.82, 2.24) is 5.32 Å². The molecule has 0 bridgehead atoms. The molecule has 0 saturated heterocycles. The highest BCUT2D eigenvalue weighted by molar-refractivity contribution is 6.32. The molecule has 2 aliphatic rings. The van der Waals surface area contributed by atoms with Gasteiger partial charge in [-0.3, -0.25) is 10.1 Å². The van der Waals surface area contributed by atoms with Crippen molar-refractivity contribution >= 4 is 17.6 Å². The molecule has 4 aromatic rings. The van der Waals surface area contributed by atoms with Crippen LogP contribution < -0.4 is 24.3 Å². The molecule has 0 unspecified atom stereocenters. The summed E-state index contributed by atoms with van der Waals surface area (Å²) in [5.74, 6) is -2.32. The van der Waals surface area contributed by atoms with Crippen LogP contribution in [0.3, 0.4) is 0 Å². The van der Waals surface area contributed by atoms with Gasteiger partial charge in [-0.05, 0) is 65.4 Å². The number of aliphatic hydroxyl groups excluding tert-OH is 1. The number of halogens is 4. The third-order valence-electron chi connectivity index (χ3n) is 7.87. The average Bonchev–Trinajstić information content (AvgIpc) is 3.44. The molecule has 6 rings (SSSR count). The second-order valence-corrected chi connectivity index (χ2v) is 11.3. The minimum Gasteiger partial charge on any atom is -0.488 e. The quantitative estimate of drug-likeness (QED) is 0.171. The van der Waals surface area contributed by atoms with Gasteiger partial charge in [0, 0.05) is 29.8 Å². The maximum atomic E-state index is 15.5. The summed E-state index contributed by atoms with van der Waals surface area (Å²) in [7, 11) is 0. The van der Waals surface area contributed by atoms with Gasteiger partial charge in [0.2, 0.25) is 0 Å². The zero-order valence-electron chi connectivity index (χ0n) is 24.3. The highest BCUT2D eigenvalue weighted by atomic mass is 35.5. The van der Waals surface area contributed by atoms with Crippen molar-refractivity contribution in [3.05, 3.63) is 105 Å². The van der Waals surface area contributed by atoms with Crippen LogP contribution in [0.5, 0.6) is 23.0 Å². The predicted molar refractivity (Wildman–Crippen MR) is 162 cm³/mol. The largest absolute Gasteiger partial charge is 0.488 e. The lowest BCUT2D eigenvalue weighted by Gasteiger charge is -2.21. The third-order valence-corrected chi connectivity index (χ3v) is 8.17. The van der Waals surface area contributed by atoms with E-state index >= 15 is 4.39 Å². The maximum absolute atomic E-state index is 15.5.